The van der Waals surface area contributed by atoms with E-state index in [2.05, 4.69) is 20.3 Å². The van der Waals surface area contributed by atoms with Gasteiger partial charge >= 0.3 is 5.97 Å². The molecule has 4 heterocycles. The van der Waals surface area contributed by atoms with Crippen molar-refractivity contribution < 1.29 is 14.3 Å². The quantitative estimate of drug-likeness (QED) is 0.757. The maximum Gasteiger partial charge on any atom is 0.343 e. The molecule has 2 aliphatic rings. The molecular formula is C18H24N6O3. The van der Waals surface area contributed by atoms with Crippen LogP contribution in [0.3, 0.4) is 0 Å². The van der Waals surface area contributed by atoms with E-state index in [0.29, 0.717) is 23.9 Å². The third kappa shape index (κ3) is 3.40. The van der Waals surface area contributed by atoms with Crippen molar-refractivity contribution in [3.8, 4) is 0 Å². The maximum absolute atomic E-state index is 13.1. The van der Waals surface area contributed by atoms with Crippen LogP contribution in [0.25, 0.3) is 5.65 Å². The second kappa shape index (κ2) is 7.61. The van der Waals surface area contributed by atoms with E-state index in [4.69, 9.17) is 4.74 Å². The molecule has 9 heteroatoms. The van der Waals surface area contributed by atoms with Crippen molar-refractivity contribution >= 4 is 17.5 Å². The summed E-state index contributed by atoms with van der Waals surface area (Å²) in [5.41, 5.74) is 1.03. The first-order chi connectivity index (χ1) is 13.2. The van der Waals surface area contributed by atoms with Crippen LogP contribution in [0.1, 0.15) is 34.2 Å². The Kier molecular flexibility index (Phi) is 5.04. The Bertz CT molecular complexity index is 845. The van der Waals surface area contributed by atoms with Crippen molar-refractivity contribution in [2.45, 2.75) is 19.4 Å². The van der Waals surface area contributed by atoms with E-state index in [9.17, 15) is 9.59 Å². The molecule has 4 rings (SSSR count). The van der Waals surface area contributed by atoms with Gasteiger partial charge in [0, 0.05) is 51.5 Å². The van der Waals surface area contributed by atoms with Gasteiger partial charge in [-0.1, -0.05) is 0 Å². The molecule has 144 valence electrons. The lowest BCUT2D eigenvalue weighted by Crippen LogP contribution is -2.49. The van der Waals surface area contributed by atoms with Crippen molar-refractivity contribution in [3.63, 3.8) is 0 Å². The van der Waals surface area contributed by atoms with E-state index >= 15 is 0 Å². The first kappa shape index (κ1) is 17.9. The molecule has 0 aliphatic carbocycles. The summed E-state index contributed by atoms with van der Waals surface area (Å²) < 4.78 is 6.47. The molecule has 2 saturated heterocycles. The van der Waals surface area contributed by atoms with E-state index < -0.39 is 5.97 Å². The molecule has 0 aromatic carbocycles. The molecular weight excluding hydrogens is 348 g/mol. The van der Waals surface area contributed by atoms with Crippen molar-refractivity contribution in [1.29, 1.82) is 0 Å². The average Bonchev–Trinajstić information content (AvgIpc) is 3.35. The minimum atomic E-state index is -0.482. The standard InChI is InChI=1S/C18H24N6O3/c1-2-27-18(26)14-11-21-24-15(3-5-20-16(14)24)17(25)23-8-4-13(12-23)22-9-6-19-7-10-22/h3,5,11,13,19H,2,4,6-10,12H2,1H3. The van der Waals surface area contributed by atoms with E-state index in [-0.39, 0.29) is 18.1 Å². The second-order valence-electron chi connectivity index (χ2n) is 6.82. The highest BCUT2D eigenvalue weighted by Gasteiger charge is 2.32. The fourth-order valence-electron chi connectivity index (χ4n) is 3.84. The van der Waals surface area contributed by atoms with Gasteiger partial charge < -0.3 is 15.0 Å². The van der Waals surface area contributed by atoms with Crippen LogP contribution < -0.4 is 5.32 Å². The minimum absolute atomic E-state index is 0.0847. The summed E-state index contributed by atoms with van der Waals surface area (Å²) in [6.45, 7) is 7.50. The number of rotatable bonds is 4. The largest absolute Gasteiger partial charge is 0.462 e. The minimum Gasteiger partial charge on any atom is -0.462 e. The van der Waals surface area contributed by atoms with Crippen LogP contribution in [0.2, 0.25) is 0 Å². The molecule has 1 amide bonds. The molecule has 9 nitrogen and oxygen atoms in total. The summed E-state index contributed by atoms with van der Waals surface area (Å²) >= 11 is 0. The van der Waals surface area contributed by atoms with Gasteiger partial charge in [0.1, 0.15) is 11.3 Å². The van der Waals surface area contributed by atoms with Gasteiger partial charge in [-0.25, -0.2) is 14.3 Å². The monoisotopic (exact) mass is 372 g/mol. The molecule has 0 saturated carbocycles. The maximum atomic E-state index is 13.1. The number of hydrogen-bond donors (Lipinski definition) is 1. The van der Waals surface area contributed by atoms with Gasteiger partial charge in [0.25, 0.3) is 5.91 Å². The zero-order valence-electron chi connectivity index (χ0n) is 15.4. The molecule has 0 bridgehead atoms. The Labute approximate surface area is 157 Å². The van der Waals surface area contributed by atoms with Gasteiger partial charge in [-0.05, 0) is 19.4 Å². The summed E-state index contributed by atoms with van der Waals surface area (Å²) in [6, 6.07) is 2.05. The van der Waals surface area contributed by atoms with Crippen LogP contribution in [0.5, 0.6) is 0 Å². The zero-order valence-corrected chi connectivity index (χ0v) is 15.4. The Morgan fingerprint density at radius 3 is 2.89 bits per heavy atom. The first-order valence-electron chi connectivity index (χ1n) is 9.43. The van der Waals surface area contributed by atoms with E-state index in [1.165, 1.54) is 16.9 Å². The summed E-state index contributed by atoms with van der Waals surface area (Å²) in [7, 11) is 0. The number of hydrogen-bond acceptors (Lipinski definition) is 7. The van der Waals surface area contributed by atoms with Crippen molar-refractivity contribution in [1.82, 2.24) is 29.7 Å². The van der Waals surface area contributed by atoms with E-state index in [1.54, 1.807) is 13.0 Å². The number of aromatic nitrogens is 3. The molecule has 2 aliphatic heterocycles. The number of piperazine rings is 1. The molecule has 2 aromatic rings. The Hall–Kier alpha value is -2.52. The van der Waals surface area contributed by atoms with Crippen molar-refractivity contribution in [3.05, 3.63) is 29.7 Å². The van der Waals surface area contributed by atoms with Gasteiger partial charge in [0.2, 0.25) is 0 Å². The lowest BCUT2D eigenvalue weighted by Gasteiger charge is -2.32. The molecule has 1 N–H and O–H groups in total. The third-order valence-corrected chi connectivity index (χ3v) is 5.23. The summed E-state index contributed by atoms with van der Waals surface area (Å²) in [6.07, 6.45) is 3.93. The van der Waals surface area contributed by atoms with Crippen molar-refractivity contribution in [2.75, 3.05) is 45.9 Å². The SMILES string of the molecule is CCOC(=O)c1cnn2c(C(=O)N3CCC(N4CCNCC4)C3)ccnc12. The fourth-order valence-corrected chi connectivity index (χ4v) is 3.84. The smallest absolute Gasteiger partial charge is 0.343 e. The van der Waals surface area contributed by atoms with Crippen LogP contribution in [-0.2, 0) is 4.74 Å². The van der Waals surface area contributed by atoms with Gasteiger partial charge in [0.15, 0.2) is 5.65 Å². The number of nitrogens with zero attached hydrogens (tertiary/aromatic N) is 5. The van der Waals surface area contributed by atoms with Crippen LogP contribution in [0, 0.1) is 0 Å². The van der Waals surface area contributed by atoms with Crippen molar-refractivity contribution in [2.24, 2.45) is 0 Å². The highest BCUT2D eigenvalue weighted by atomic mass is 16.5. The van der Waals surface area contributed by atoms with Gasteiger partial charge in [-0.15, -0.1) is 0 Å². The van der Waals surface area contributed by atoms with Crippen LogP contribution in [0.15, 0.2) is 18.5 Å². The molecule has 2 aromatic heterocycles. The molecule has 0 spiro atoms. The zero-order chi connectivity index (χ0) is 18.8. The lowest BCUT2D eigenvalue weighted by atomic mass is 10.2. The normalized spacial score (nSPS) is 20.9. The number of carbonyl (C=O) groups excluding carboxylic acids is 2. The molecule has 27 heavy (non-hydrogen) atoms. The van der Waals surface area contributed by atoms with E-state index in [0.717, 1.165) is 39.1 Å². The second-order valence-corrected chi connectivity index (χ2v) is 6.82. The number of ether oxygens (including phenoxy) is 1. The first-order valence-corrected chi connectivity index (χ1v) is 9.43. The number of likely N-dealkylation sites (tertiary alicyclic amines) is 1. The highest BCUT2D eigenvalue weighted by Crippen LogP contribution is 2.19. The lowest BCUT2D eigenvalue weighted by molar-refractivity contribution is 0.0528. The number of nitrogens with one attached hydrogen (secondary N) is 1. The topological polar surface area (TPSA) is 92.1 Å². The Morgan fingerprint density at radius 1 is 1.30 bits per heavy atom. The highest BCUT2D eigenvalue weighted by molar-refractivity contribution is 5.98. The summed E-state index contributed by atoms with van der Waals surface area (Å²) in [4.78, 5) is 33.7. The number of esters is 1. The Balaban J connectivity index is 1.54. The van der Waals surface area contributed by atoms with Crippen LogP contribution >= 0.6 is 0 Å². The predicted octanol–water partition coefficient (Wildman–Crippen LogP) is 0.0257. The fraction of sp³-hybridized carbons (Fsp3) is 0.556. The molecule has 1 atom stereocenters. The number of fused-ring (bicyclic) bond motifs is 1. The number of amides is 1. The van der Waals surface area contributed by atoms with Crippen LogP contribution in [-0.4, -0.2) is 88.2 Å². The average molecular weight is 372 g/mol. The predicted molar refractivity (Wildman–Crippen MR) is 97.7 cm³/mol. The molecule has 2 fully saturated rings. The van der Waals surface area contributed by atoms with Gasteiger partial charge in [-0.2, -0.15) is 5.10 Å². The van der Waals surface area contributed by atoms with E-state index in [1.807, 2.05) is 4.90 Å². The third-order valence-electron chi connectivity index (χ3n) is 5.23. The molecule has 0 radical (unpaired) electrons. The van der Waals surface area contributed by atoms with Gasteiger partial charge in [0.05, 0.1) is 12.8 Å². The number of carbonyl (C=O) groups is 2. The van der Waals surface area contributed by atoms with Gasteiger partial charge in [-0.3, -0.25) is 9.69 Å². The Morgan fingerprint density at radius 2 is 2.11 bits per heavy atom. The summed E-state index contributed by atoms with van der Waals surface area (Å²) in [5.74, 6) is -0.567. The summed E-state index contributed by atoms with van der Waals surface area (Å²) in [5, 5.41) is 7.57. The molecule has 1 unspecified atom stereocenters. The van der Waals surface area contributed by atoms with Crippen LogP contribution in [0.4, 0.5) is 0 Å².